The van der Waals surface area contributed by atoms with Crippen LogP contribution in [0.5, 0.6) is 0 Å². The van der Waals surface area contributed by atoms with Crippen molar-refractivity contribution in [1.82, 2.24) is 9.97 Å². The van der Waals surface area contributed by atoms with Gasteiger partial charge in [0.05, 0.1) is 6.33 Å². The number of aromatic nitrogens is 2. The molecule has 1 heterocycles. The molecule has 0 fully saturated rings. The molecule has 0 bridgehead atoms. The molecular formula is C11H13N3. The quantitative estimate of drug-likeness (QED) is 0.705. The Kier molecular flexibility index (Phi) is 2.23. The zero-order chi connectivity index (χ0) is 9.97. The average molecular weight is 187 g/mol. The third-order valence-corrected chi connectivity index (χ3v) is 2.24. The topological polar surface area (TPSA) is 54.7 Å². The monoisotopic (exact) mass is 187 g/mol. The highest BCUT2D eigenvalue weighted by Gasteiger charge is 2.01. The first-order chi connectivity index (χ1) is 6.75. The number of nitrogens with two attached hydrogens (primary N) is 1. The Morgan fingerprint density at radius 2 is 2.29 bits per heavy atom. The van der Waals surface area contributed by atoms with Crippen LogP contribution in [0.1, 0.15) is 16.8 Å². The number of hydrogen-bond donors (Lipinski definition) is 2. The van der Waals surface area contributed by atoms with Crippen molar-refractivity contribution in [1.29, 1.82) is 0 Å². The summed E-state index contributed by atoms with van der Waals surface area (Å²) in [5, 5.41) is 0. The van der Waals surface area contributed by atoms with E-state index in [9.17, 15) is 0 Å². The number of aromatic amines is 1. The fourth-order valence-electron chi connectivity index (χ4n) is 1.46. The van der Waals surface area contributed by atoms with Crippen molar-refractivity contribution in [3.63, 3.8) is 0 Å². The minimum atomic E-state index is 0.812. The van der Waals surface area contributed by atoms with Crippen LogP contribution in [0.3, 0.4) is 0 Å². The molecule has 3 N–H and O–H groups in total. The van der Waals surface area contributed by atoms with Crippen LogP contribution in [0.2, 0.25) is 0 Å². The zero-order valence-corrected chi connectivity index (χ0v) is 8.12. The zero-order valence-electron chi connectivity index (χ0n) is 8.12. The standard InChI is InChI=1S/C11H13N3/c1-8-2-3-9(11(12)4-8)5-10-6-13-7-14-10/h2-4,6-7H,5,12H2,1H3,(H,13,14). The van der Waals surface area contributed by atoms with Gasteiger partial charge in [-0.05, 0) is 24.1 Å². The fraction of sp³-hybridized carbons (Fsp3) is 0.182. The van der Waals surface area contributed by atoms with Crippen molar-refractivity contribution in [2.24, 2.45) is 0 Å². The van der Waals surface area contributed by atoms with Crippen molar-refractivity contribution in [2.45, 2.75) is 13.3 Å². The van der Waals surface area contributed by atoms with Crippen molar-refractivity contribution >= 4 is 5.69 Å². The minimum absolute atomic E-state index is 0.812. The van der Waals surface area contributed by atoms with Gasteiger partial charge in [-0.15, -0.1) is 0 Å². The second-order valence-corrected chi connectivity index (χ2v) is 3.46. The van der Waals surface area contributed by atoms with Crippen LogP contribution in [0.4, 0.5) is 5.69 Å². The number of nitrogen functional groups attached to an aromatic ring is 1. The fourth-order valence-corrected chi connectivity index (χ4v) is 1.46. The van der Waals surface area contributed by atoms with Gasteiger partial charge in [0.1, 0.15) is 0 Å². The van der Waals surface area contributed by atoms with Gasteiger partial charge in [0.15, 0.2) is 0 Å². The summed E-state index contributed by atoms with van der Waals surface area (Å²) in [5.41, 5.74) is 10.2. The summed E-state index contributed by atoms with van der Waals surface area (Å²) in [6.07, 6.45) is 4.31. The van der Waals surface area contributed by atoms with Crippen LogP contribution >= 0.6 is 0 Å². The van der Waals surface area contributed by atoms with Gasteiger partial charge in [-0.1, -0.05) is 12.1 Å². The molecule has 0 radical (unpaired) electrons. The summed E-state index contributed by atoms with van der Waals surface area (Å²) in [6, 6.07) is 6.12. The lowest BCUT2D eigenvalue weighted by atomic mass is 10.1. The molecule has 0 amide bonds. The van der Waals surface area contributed by atoms with E-state index >= 15 is 0 Å². The van der Waals surface area contributed by atoms with E-state index in [0.29, 0.717) is 0 Å². The van der Waals surface area contributed by atoms with Gasteiger partial charge >= 0.3 is 0 Å². The smallest absolute Gasteiger partial charge is 0.0921 e. The van der Waals surface area contributed by atoms with E-state index in [4.69, 9.17) is 5.73 Å². The molecule has 2 rings (SSSR count). The van der Waals surface area contributed by atoms with Crippen molar-refractivity contribution in [3.8, 4) is 0 Å². The predicted octanol–water partition coefficient (Wildman–Crippen LogP) is 1.89. The van der Waals surface area contributed by atoms with E-state index in [1.54, 1.807) is 6.33 Å². The normalized spacial score (nSPS) is 10.4. The number of hydrogen-bond acceptors (Lipinski definition) is 2. The Hall–Kier alpha value is -1.77. The minimum Gasteiger partial charge on any atom is -0.398 e. The molecule has 14 heavy (non-hydrogen) atoms. The van der Waals surface area contributed by atoms with Crippen LogP contribution in [-0.2, 0) is 6.42 Å². The van der Waals surface area contributed by atoms with Gasteiger partial charge in [-0.3, -0.25) is 0 Å². The average Bonchev–Trinajstić information content (AvgIpc) is 2.62. The highest BCUT2D eigenvalue weighted by molar-refractivity contribution is 5.50. The highest BCUT2D eigenvalue weighted by atomic mass is 14.9. The summed E-state index contributed by atoms with van der Waals surface area (Å²) in [5.74, 6) is 0. The molecular weight excluding hydrogens is 174 g/mol. The van der Waals surface area contributed by atoms with E-state index in [1.807, 2.05) is 19.2 Å². The first-order valence-corrected chi connectivity index (χ1v) is 4.58. The highest BCUT2D eigenvalue weighted by Crippen LogP contribution is 2.16. The summed E-state index contributed by atoms with van der Waals surface area (Å²) in [4.78, 5) is 7.03. The Balaban J connectivity index is 2.25. The maximum absolute atomic E-state index is 5.90. The molecule has 0 spiro atoms. The van der Waals surface area contributed by atoms with Gasteiger partial charge in [0, 0.05) is 24.0 Å². The van der Waals surface area contributed by atoms with Gasteiger partial charge in [0.2, 0.25) is 0 Å². The van der Waals surface area contributed by atoms with E-state index in [1.165, 1.54) is 5.56 Å². The van der Waals surface area contributed by atoms with Gasteiger partial charge in [-0.25, -0.2) is 4.98 Å². The number of rotatable bonds is 2. The molecule has 3 nitrogen and oxygen atoms in total. The van der Waals surface area contributed by atoms with Gasteiger partial charge < -0.3 is 10.7 Å². The largest absolute Gasteiger partial charge is 0.398 e. The number of H-pyrrole nitrogens is 1. The molecule has 0 atom stereocenters. The van der Waals surface area contributed by atoms with Crippen molar-refractivity contribution < 1.29 is 0 Å². The van der Waals surface area contributed by atoms with E-state index < -0.39 is 0 Å². The number of imidazole rings is 1. The van der Waals surface area contributed by atoms with Crippen LogP contribution < -0.4 is 5.73 Å². The lowest BCUT2D eigenvalue weighted by Crippen LogP contribution is -1.96. The molecule has 2 aromatic rings. The van der Waals surface area contributed by atoms with Crippen LogP contribution in [0.25, 0.3) is 0 Å². The second-order valence-electron chi connectivity index (χ2n) is 3.46. The molecule has 0 aliphatic heterocycles. The molecule has 0 aliphatic rings. The number of anilines is 1. The van der Waals surface area contributed by atoms with Crippen molar-refractivity contribution in [2.75, 3.05) is 5.73 Å². The lowest BCUT2D eigenvalue weighted by molar-refractivity contribution is 1.11. The molecule has 1 aromatic carbocycles. The Morgan fingerprint density at radius 1 is 1.43 bits per heavy atom. The van der Waals surface area contributed by atoms with Crippen molar-refractivity contribution in [3.05, 3.63) is 47.5 Å². The SMILES string of the molecule is Cc1ccc(Cc2cnc[nH]2)c(N)c1. The maximum atomic E-state index is 5.90. The Bertz CT molecular complexity index is 418. The van der Waals surface area contributed by atoms with Gasteiger partial charge in [0.25, 0.3) is 0 Å². The predicted molar refractivity (Wildman–Crippen MR) is 57.0 cm³/mol. The molecule has 0 aliphatic carbocycles. The molecule has 72 valence electrons. The molecule has 0 saturated carbocycles. The first-order valence-electron chi connectivity index (χ1n) is 4.58. The number of aryl methyl sites for hydroxylation is 1. The van der Waals surface area contributed by atoms with Crippen LogP contribution in [0.15, 0.2) is 30.7 Å². The number of nitrogens with zero attached hydrogens (tertiary/aromatic N) is 1. The maximum Gasteiger partial charge on any atom is 0.0921 e. The van der Waals surface area contributed by atoms with Crippen LogP contribution in [-0.4, -0.2) is 9.97 Å². The molecule has 0 unspecified atom stereocenters. The lowest BCUT2D eigenvalue weighted by Gasteiger charge is -2.04. The van der Waals surface area contributed by atoms with Gasteiger partial charge in [-0.2, -0.15) is 0 Å². The van der Waals surface area contributed by atoms with E-state index in [-0.39, 0.29) is 0 Å². The number of benzene rings is 1. The molecule has 0 saturated heterocycles. The summed E-state index contributed by atoms with van der Waals surface area (Å²) < 4.78 is 0. The summed E-state index contributed by atoms with van der Waals surface area (Å²) >= 11 is 0. The second kappa shape index (κ2) is 3.54. The number of nitrogens with one attached hydrogen (secondary N) is 1. The molecule has 3 heteroatoms. The summed E-state index contributed by atoms with van der Waals surface area (Å²) in [7, 11) is 0. The Labute approximate surface area is 83.0 Å². The van der Waals surface area contributed by atoms with E-state index in [0.717, 1.165) is 23.4 Å². The molecule has 1 aromatic heterocycles. The summed E-state index contributed by atoms with van der Waals surface area (Å²) in [6.45, 7) is 2.04. The van der Waals surface area contributed by atoms with E-state index in [2.05, 4.69) is 22.1 Å². The first kappa shape index (κ1) is 8.81. The Morgan fingerprint density at radius 3 is 2.93 bits per heavy atom. The van der Waals surface area contributed by atoms with Crippen LogP contribution in [0, 0.1) is 6.92 Å². The third kappa shape index (κ3) is 1.76. The third-order valence-electron chi connectivity index (χ3n) is 2.24.